The molecule has 92 valence electrons. The van der Waals surface area contributed by atoms with Crippen LogP contribution < -0.4 is 5.73 Å². The molecule has 0 bridgehead atoms. The third kappa shape index (κ3) is 4.23. The van der Waals surface area contributed by atoms with Gasteiger partial charge in [-0.15, -0.1) is 0 Å². The van der Waals surface area contributed by atoms with E-state index in [0.29, 0.717) is 5.75 Å². The van der Waals surface area contributed by atoms with E-state index in [0.717, 1.165) is 17.3 Å². The molecule has 1 aromatic carbocycles. The molecule has 2 atom stereocenters. The summed E-state index contributed by atoms with van der Waals surface area (Å²) in [5.74, 6) is -0.192. The number of rotatable bonds is 5. The third-order valence-corrected chi connectivity index (χ3v) is 3.69. The zero-order valence-corrected chi connectivity index (χ0v) is 10.9. The first-order chi connectivity index (χ1) is 8.02. The first-order valence-corrected chi connectivity index (χ1v) is 6.48. The Morgan fingerprint density at radius 3 is 2.35 bits per heavy atom. The van der Waals surface area contributed by atoms with Crippen LogP contribution in [0.2, 0.25) is 0 Å². The van der Waals surface area contributed by atoms with Gasteiger partial charge in [0.15, 0.2) is 5.12 Å². The molecule has 0 radical (unpaired) electrons. The van der Waals surface area contributed by atoms with Crippen molar-refractivity contribution in [3.63, 3.8) is 0 Å². The van der Waals surface area contributed by atoms with E-state index in [1.54, 1.807) is 0 Å². The van der Waals surface area contributed by atoms with Gasteiger partial charge >= 0.3 is 0 Å². The minimum absolute atomic E-state index is 0.0107. The lowest BCUT2D eigenvalue weighted by molar-refractivity contribution is -0.121. The summed E-state index contributed by atoms with van der Waals surface area (Å²) in [4.78, 5) is 22.4. The number of amides is 1. The number of hydrogen-bond donors (Lipinski definition) is 1. The monoisotopic (exact) mass is 251 g/mol. The Hall–Kier alpha value is -1.29. The molecule has 2 unspecified atom stereocenters. The lowest BCUT2D eigenvalue weighted by Gasteiger charge is -2.20. The molecule has 1 amide bonds. The SMILES string of the molecule is CC(=O)SCC(C(N)=O)C(C)c1ccccc1. The molecule has 0 saturated heterocycles. The average molecular weight is 251 g/mol. The van der Waals surface area contributed by atoms with Gasteiger partial charge in [-0.1, -0.05) is 49.0 Å². The van der Waals surface area contributed by atoms with Crippen LogP contribution in [0.5, 0.6) is 0 Å². The number of primary amides is 1. The van der Waals surface area contributed by atoms with Crippen molar-refractivity contribution >= 4 is 22.8 Å². The predicted octanol–water partition coefficient (Wildman–Crippen LogP) is 2.17. The average Bonchev–Trinajstić information content (AvgIpc) is 2.29. The fraction of sp³-hybridized carbons (Fsp3) is 0.385. The van der Waals surface area contributed by atoms with Gasteiger partial charge in [0.05, 0.1) is 5.92 Å². The number of benzene rings is 1. The van der Waals surface area contributed by atoms with Gasteiger partial charge in [-0.3, -0.25) is 9.59 Å². The number of nitrogens with two attached hydrogens (primary N) is 1. The maximum Gasteiger partial charge on any atom is 0.221 e. The second-order valence-corrected chi connectivity index (χ2v) is 5.21. The number of hydrogen-bond acceptors (Lipinski definition) is 3. The highest BCUT2D eigenvalue weighted by atomic mass is 32.2. The molecule has 1 aromatic rings. The summed E-state index contributed by atoms with van der Waals surface area (Å²) < 4.78 is 0. The van der Waals surface area contributed by atoms with Crippen LogP contribution in [0.4, 0.5) is 0 Å². The number of thioether (sulfide) groups is 1. The van der Waals surface area contributed by atoms with E-state index in [1.807, 2.05) is 37.3 Å². The molecule has 2 N–H and O–H groups in total. The van der Waals surface area contributed by atoms with Gasteiger partial charge in [-0.2, -0.15) is 0 Å². The first-order valence-electron chi connectivity index (χ1n) is 5.50. The first kappa shape index (κ1) is 13.8. The summed E-state index contributed by atoms with van der Waals surface area (Å²) in [6.45, 7) is 3.46. The quantitative estimate of drug-likeness (QED) is 0.872. The lowest BCUT2D eigenvalue weighted by Crippen LogP contribution is -2.30. The van der Waals surface area contributed by atoms with E-state index in [2.05, 4.69) is 0 Å². The van der Waals surface area contributed by atoms with Crippen LogP contribution in [-0.4, -0.2) is 16.8 Å². The smallest absolute Gasteiger partial charge is 0.221 e. The van der Waals surface area contributed by atoms with E-state index in [9.17, 15) is 9.59 Å². The van der Waals surface area contributed by atoms with Crippen LogP contribution in [0.25, 0.3) is 0 Å². The summed E-state index contributed by atoms with van der Waals surface area (Å²) in [5.41, 5.74) is 6.47. The predicted molar refractivity (Wildman–Crippen MR) is 70.7 cm³/mol. The second kappa shape index (κ2) is 6.45. The topological polar surface area (TPSA) is 60.2 Å². The molecule has 0 fully saturated rings. The molecule has 17 heavy (non-hydrogen) atoms. The molecule has 4 heteroatoms. The Bertz CT molecular complexity index is 392. The highest BCUT2D eigenvalue weighted by Crippen LogP contribution is 2.27. The Morgan fingerprint density at radius 1 is 1.29 bits per heavy atom. The highest BCUT2D eigenvalue weighted by Gasteiger charge is 2.24. The fourth-order valence-corrected chi connectivity index (χ4v) is 2.54. The van der Waals surface area contributed by atoms with Gasteiger partial charge in [0.2, 0.25) is 5.91 Å². The van der Waals surface area contributed by atoms with Crippen molar-refractivity contribution in [1.82, 2.24) is 0 Å². The maximum atomic E-state index is 11.4. The van der Waals surface area contributed by atoms with Crippen molar-refractivity contribution in [2.75, 3.05) is 5.75 Å². The summed E-state index contributed by atoms with van der Waals surface area (Å²) >= 11 is 1.15. The van der Waals surface area contributed by atoms with Crippen LogP contribution >= 0.6 is 11.8 Å². The Balaban J connectivity index is 2.77. The Morgan fingerprint density at radius 2 is 1.88 bits per heavy atom. The molecular formula is C13H17NO2S. The van der Waals surface area contributed by atoms with Gasteiger partial charge in [-0.25, -0.2) is 0 Å². The van der Waals surface area contributed by atoms with Crippen molar-refractivity contribution in [3.8, 4) is 0 Å². The standard InChI is InChI=1S/C13H17NO2S/c1-9(11-6-4-3-5-7-11)12(13(14)16)8-17-10(2)15/h3-7,9,12H,8H2,1-2H3,(H2,14,16). The van der Waals surface area contributed by atoms with Gasteiger partial charge < -0.3 is 5.73 Å². The molecule has 0 aliphatic rings. The van der Waals surface area contributed by atoms with Gasteiger partial charge in [0.1, 0.15) is 0 Å². The molecule has 0 aromatic heterocycles. The van der Waals surface area contributed by atoms with Crippen LogP contribution in [0.1, 0.15) is 25.3 Å². The lowest BCUT2D eigenvalue weighted by atomic mass is 9.88. The fourth-order valence-electron chi connectivity index (χ4n) is 1.67. The van der Waals surface area contributed by atoms with Crippen molar-refractivity contribution in [2.45, 2.75) is 19.8 Å². The molecule has 0 saturated carbocycles. The van der Waals surface area contributed by atoms with Crippen LogP contribution in [0.15, 0.2) is 30.3 Å². The molecule has 0 aliphatic heterocycles. The molecule has 0 heterocycles. The summed E-state index contributed by atoms with van der Waals surface area (Å²) in [6.07, 6.45) is 0. The van der Waals surface area contributed by atoms with Crippen LogP contribution in [-0.2, 0) is 9.59 Å². The van der Waals surface area contributed by atoms with Crippen LogP contribution in [0, 0.1) is 5.92 Å². The summed E-state index contributed by atoms with van der Waals surface area (Å²) in [7, 11) is 0. The van der Waals surface area contributed by atoms with E-state index in [-0.39, 0.29) is 22.9 Å². The summed E-state index contributed by atoms with van der Waals surface area (Å²) in [6, 6.07) is 9.74. The third-order valence-electron chi connectivity index (χ3n) is 2.76. The normalized spacial score (nSPS) is 14.0. The van der Waals surface area contributed by atoms with Gasteiger partial charge in [-0.05, 0) is 11.5 Å². The second-order valence-electron chi connectivity index (χ2n) is 4.01. The highest BCUT2D eigenvalue weighted by molar-refractivity contribution is 8.13. The largest absolute Gasteiger partial charge is 0.369 e. The van der Waals surface area contributed by atoms with Crippen molar-refractivity contribution in [2.24, 2.45) is 11.7 Å². The summed E-state index contributed by atoms with van der Waals surface area (Å²) in [5, 5.41) is 0.0107. The van der Waals surface area contributed by atoms with Crippen molar-refractivity contribution in [3.05, 3.63) is 35.9 Å². The number of carbonyl (C=O) groups excluding carboxylic acids is 2. The van der Waals surface area contributed by atoms with E-state index in [4.69, 9.17) is 5.73 Å². The van der Waals surface area contributed by atoms with Crippen molar-refractivity contribution < 1.29 is 9.59 Å². The van der Waals surface area contributed by atoms with E-state index in [1.165, 1.54) is 6.92 Å². The Labute approximate surface area is 106 Å². The molecule has 3 nitrogen and oxygen atoms in total. The van der Waals surface area contributed by atoms with E-state index >= 15 is 0 Å². The van der Waals surface area contributed by atoms with Gasteiger partial charge in [0.25, 0.3) is 0 Å². The minimum atomic E-state index is -0.352. The maximum absolute atomic E-state index is 11.4. The van der Waals surface area contributed by atoms with Crippen LogP contribution in [0.3, 0.4) is 0 Å². The number of carbonyl (C=O) groups is 2. The molecule has 1 rings (SSSR count). The van der Waals surface area contributed by atoms with Gasteiger partial charge in [0, 0.05) is 12.7 Å². The zero-order chi connectivity index (χ0) is 12.8. The molecule has 0 aliphatic carbocycles. The molecular weight excluding hydrogens is 234 g/mol. The van der Waals surface area contributed by atoms with Crippen molar-refractivity contribution in [1.29, 1.82) is 0 Å². The van der Waals surface area contributed by atoms with E-state index < -0.39 is 0 Å². The zero-order valence-electron chi connectivity index (χ0n) is 10.1. The molecule has 0 spiro atoms. The Kier molecular flexibility index (Phi) is 5.22. The minimum Gasteiger partial charge on any atom is -0.369 e.